The highest BCUT2D eigenvalue weighted by molar-refractivity contribution is 5.61. The lowest BCUT2D eigenvalue weighted by Crippen LogP contribution is -2.39. The van der Waals surface area contributed by atoms with E-state index in [-0.39, 0.29) is 6.79 Å². The molecule has 1 aromatic carbocycles. The van der Waals surface area contributed by atoms with Gasteiger partial charge in [-0.05, 0) is 62.6 Å². The molecule has 0 bridgehead atoms. The lowest BCUT2D eigenvalue weighted by molar-refractivity contribution is 0.117. The molecule has 7 heteroatoms. The lowest BCUT2D eigenvalue weighted by atomic mass is 9.97. The van der Waals surface area contributed by atoms with Gasteiger partial charge in [0.05, 0.1) is 6.54 Å². The van der Waals surface area contributed by atoms with Crippen LogP contribution in [0.15, 0.2) is 47.1 Å². The highest BCUT2D eigenvalue weighted by Gasteiger charge is 2.25. The molecule has 0 saturated carbocycles. The summed E-state index contributed by atoms with van der Waals surface area (Å²) in [7, 11) is 0. The average molecular weight is 392 g/mol. The van der Waals surface area contributed by atoms with E-state index in [1.54, 1.807) is 0 Å². The Morgan fingerprint density at radius 1 is 1.07 bits per heavy atom. The molecule has 3 aromatic rings. The molecule has 2 aliphatic rings. The van der Waals surface area contributed by atoms with Crippen LogP contribution in [0.2, 0.25) is 0 Å². The summed E-state index contributed by atoms with van der Waals surface area (Å²) in [6.07, 6.45) is 7.65. The first kappa shape index (κ1) is 18.1. The molecule has 5 rings (SSSR count). The van der Waals surface area contributed by atoms with Crippen LogP contribution in [0.5, 0.6) is 11.5 Å². The molecule has 2 aliphatic heterocycles. The average Bonchev–Trinajstić information content (AvgIpc) is 3.43. The third-order valence-corrected chi connectivity index (χ3v) is 5.65. The maximum absolute atomic E-state index is 5.57. The van der Waals surface area contributed by atoms with Crippen molar-refractivity contribution in [3.8, 4) is 22.9 Å². The maximum atomic E-state index is 5.57. The molecule has 0 N–H and O–H groups in total. The largest absolute Gasteiger partial charge is 0.454 e. The minimum absolute atomic E-state index is 0.255. The van der Waals surface area contributed by atoms with E-state index < -0.39 is 0 Å². The van der Waals surface area contributed by atoms with Gasteiger partial charge >= 0.3 is 0 Å². The number of aromatic nitrogens is 3. The number of ether oxygens (including phenoxy) is 2. The van der Waals surface area contributed by atoms with Crippen molar-refractivity contribution in [2.75, 3.05) is 13.3 Å². The first-order chi connectivity index (χ1) is 14.3. The van der Waals surface area contributed by atoms with E-state index in [9.17, 15) is 0 Å². The van der Waals surface area contributed by atoms with Crippen LogP contribution >= 0.6 is 0 Å². The number of benzene rings is 1. The Hall–Kier alpha value is -2.93. The molecule has 29 heavy (non-hydrogen) atoms. The van der Waals surface area contributed by atoms with E-state index in [0.29, 0.717) is 24.3 Å². The van der Waals surface area contributed by atoms with Crippen molar-refractivity contribution in [2.45, 2.75) is 44.7 Å². The molecule has 2 aromatic heterocycles. The second kappa shape index (κ2) is 8.21. The van der Waals surface area contributed by atoms with Crippen molar-refractivity contribution in [3.63, 3.8) is 0 Å². The number of pyridine rings is 1. The Balaban J connectivity index is 1.25. The normalized spacial score (nSPS) is 18.8. The summed E-state index contributed by atoms with van der Waals surface area (Å²) in [5.74, 6) is 2.71. The van der Waals surface area contributed by atoms with Crippen molar-refractivity contribution >= 4 is 0 Å². The fourth-order valence-corrected chi connectivity index (χ4v) is 4.10. The number of fused-ring (bicyclic) bond motifs is 1. The third-order valence-electron chi connectivity index (χ3n) is 5.65. The molecule has 150 valence electrons. The molecule has 0 radical (unpaired) electrons. The Bertz CT molecular complexity index is 960. The standard InChI is InChI=1S/C22H24N4O3/c1-3-11-23-17(5-1)8-9-18-6-2-4-12-26(18)14-21-24-22(25-29-21)16-7-10-19-20(13-16)28-15-27-19/h1,3,5,7,10-11,13,18H,2,4,6,8-9,12,14-15H2. The zero-order valence-corrected chi connectivity index (χ0v) is 16.3. The van der Waals surface area contributed by atoms with Gasteiger partial charge in [0.15, 0.2) is 11.5 Å². The number of rotatable bonds is 6. The van der Waals surface area contributed by atoms with Crippen LogP contribution in [-0.2, 0) is 13.0 Å². The maximum Gasteiger partial charge on any atom is 0.241 e. The minimum Gasteiger partial charge on any atom is -0.454 e. The number of hydrogen-bond donors (Lipinski definition) is 0. The van der Waals surface area contributed by atoms with Gasteiger partial charge in [-0.1, -0.05) is 17.6 Å². The first-order valence-electron chi connectivity index (χ1n) is 10.2. The van der Waals surface area contributed by atoms with Crippen molar-refractivity contribution in [2.24, 2.45) is 0 Å². The zero-order valence-electron chi connectivity index (χ0n) is 16.3. The quantitative estimate of drug-likeness (QED) is 0.631. The van der Waals surface area contributed by atoms with Crippen molar-refractivity contribution in [1.82, 2.24) is 20.0 Å². The molecule has 1 atom stereocenters. The molecule has 1 unspecified atom stereocenters. The summed E-state index contributed by atoms with van der Waals surface area (Å²) >= 11 is 0. The van der Waals surface area contributed by atoms with E-state index in [1.165, 1.54) is 19.3 Å². The van der Waals surface area contributed by atoms with Gasteiger partial charge < -0.3 is 14.0 Å². The van der Waals surface area contributed by atoms with Crippen LogP contribution < -0.4 is 9.47 Å². The summed E-state index contributed by atoms with van der Waals surface area (Å²) in [6, 6.07) is 12.3. The van der Waals surface area contributed by atoms with Crippen LogP contribution in [0.3, 0.4) is 0 Å². The van der Waals surface area contributed by atoms with Crippen LogP contribution in [0.25, 0.3) is 11.4 Å². The molecule has 1 saturated heterocycles. The van der Waals surface area contributed by atoms with Crippen LogP contribution in [0.1, 0.15) is 37.3 Å². The van der Waals surface area contributed by atoms with Crippen molar-refractivity contribution in [1.29, 1.82) is 0 Å². The molecule has 4 heterocycles. The molecule has 1 fully saturated rings. The summed E-state index contributed by atoms with van der Waals surface area (Å²) in [6.45, 7) is 2.00. The second-order valence-electron chi connectivity index (χ2n) is 7.56. The fourth-order valence-electron chi connectivity index (χ4n) is 4.10. The Morgan fingerprint density at radius 3 is 2.97 bits per heavy atom. The minimum atomic E-state index is 0.255. The first-order valence-corrected chi connectivity index (χ1v) is 10.2. The van der Waals surface area contributed by atoms with Crippen LogP contribution in [0.4, 0.5) is 0 Å². The van der Waals surface area contributed by atoms with E-state index >= 15 is 0 Å². The van der Waals surface area contributed by atoms with Gasteiger partial charge in [-0.15, -0.1) is 0 Å². The summed E-state index contributed by atoms with van der Waals surface area (Å²) < 4.78 is 16.4. The number of hydrogen-bond acceptors (Lipinski definition) is 7. The number of piperidine rings is 1. The SMILES string of the molecule is c1ccc(CCC2CCCCN2Cc2nc(-c3ccc4c(c3)OCO4)no2)nc1. The number of likely N-dealkylation sites (tertiary alicyclic amines) is 1. The fraction of sp³-hybridized carbons (Fsp3) is 0.409. The summed E-state index contributed by atoms with van der Waals surface area (Å²) in [4.78, 5) is 11.6. The van der Waals surface area contributed by atoms with Crippen LogP contribution in [0, 0.1) is 0 Å². The topological polar surface area (TPSA) is 73.5 Å². The predicted molar refractivity (Wildman–Crippen MR) is 106 cm³/mol. The van der Waals surface area contributed by atoms with Crippen LogP contribution in [-0.4, -0.2) is 39.4 Å². The number of nitrogens with zero attached hydrogens (tertiary/aromatic N) is 4. The van der Waals surface area contributed by atoms with Gasteiger partial charge in [-0.3, -0.25) is 9.88 Å². The Kier molecular flexibility index (Phi) is 5.13. The highest BCUT2D eigenvalue weighted by atomic mass is 16.7. The molecule has 0 amide bonds. The predicted octanol–water partition coefficient (Wildman–Crippen LogP) is 3.85. The highest BCUT2D eigenvalue weighted by Crippen LogP contribution is 2.35. The van der Waals surface area contributed by atoms with E-state index in [2.05, 4.69) is 32.2 Å². The van der Waals surface area contributed by atoms with Gasteiger partial charge in [0, 0.05) is 23.5 Å². The monoisotopic (exact) mass is 392 g/mol. The summed E-state index contributed by atoms with van der Waals surface area (Å²) in [5.41, 5.74) is 2.02. The molecular formula is C22H24N4O3. The van der Waals surface area contributed by atoms with Crippen molar-refractivity contribution < 1.29 is 14.0 Å². The molecule has 0 spiro atoms. The zero-order chi connectivity index (χ0) is 19.5. The Labute approximate surface area is 169 Å². The lowest BCUT2D eigenvalue weighted by Gasteiger charge is -2.34. The van der Waals surface area contributed by atoms with Gasteiger partial charge in [0.2, 0.25) is 18.5 Å². The van der Waals surface area contributed by atoms with Gasteiger partial charge in [-0.2, -0.15) is 4.98 Å². The number of aryl methyl sites for hydroxylation is 1. The third kappa shape index (κ3) is 4.10. The van der Waals surface area contributed by atoms with Gasteiger partial charge in [0.25, 0.3) is 0 Å². The van der Waals surface area contributed by atoms with Gasteiger partial charge in [-0.25, -0.2) is 0 Å². The van der Waals surface area contributed by atoms with Gasteiger partial charge in [0.1, 0.15) is 0 Å². The Morgan fingerprint density at radius 2 is 2.03 bits per heavy atom. The molecule has 0 aliphatic carbocycles. The van der Waals surface area contributed by atoms with E-state index in [1.807, 2.05) is 30.5 Å². The van der Waals surface area contributed by atoms with E-state index in [4.69, 9.17) is 14.0 Å². The molecular weight excluding hydrogens is 368 g/mol. The smallest absolute Gasteiger partial charge is 0.241 e. The second-order valence-corrected chi connectivity index (χ2v) is 7.56. The molecule has 7 nitrogen and oxygen atoms in total. The van der Waals surface area contributed by atoms with E-state index in [0.717, 1.165) is 42.1 Å². The van der Waals surface area contributed by atoms with Crippen molar-refractivity contribution in [3.05, 3.63) is 54.2 Å². The summed E-state index contributed by atoms with van der Waals surface area (Å²) in [5, 5.41) is 4.18.